The first-order valence-electron chi connectivity index (χ1n) is 9.87. The highest BCUT2D eigenvalue weighted by atomic mass is 28.3. The van der Waals surface area contributed by atoms with Gasteiger partial charge in [0, 0.05) is 6.04 Å². The van der Waals surface area contributed by atoms with Gasteiger partial charge in [-0.05, 0) is 36.0 Å². The third kappa shape index (κ3) is 5.57. The average molecular weight is 356 g/mol. The van der Waals surface area contributed by atoms with Crippen LogP contribution in [0.2, 0.25) is 35.8 Å². The van der Waals surface area contributed by atoms with Gasteiger partial charge in [-0.25, -0.2) is 0 Å². The van der Waals surface area contributed by atoms with E-state index in [2.05, 4.69) is 85.3 Å². The summed E-state index contributed by atoms with van der Waals surface area (Å²) in [7, 11) is -2.70. The predicted molar refractivity (Wildman–Crippen MR) is 115 cm³/mol. The zero-order valence-electron chi connectivity index (χ0n) is 17.9. The highest BCUT2D eigenvalue weighted by Crippen LogP contribution is 2.45. The van der Waals surface area contributed by atoms with Crippen molar-refractivity contribution in [3.63, 3.8) is 0 Å². The van der Waals surface area contributed by atoms with E-state index in [0.29, 0.717) is 6.04 Å². The molecule has 0 saturated carbocycles. The van der Waals surface area contributed by atoms with Crippen molar-refractivity contribution < 1.29 is 0 Å². The molecule has 23 heavy (non-hydrogen) atoms. The number of hydrogen-bond acceptors (Lipinski definition) is 1. The van der Waals surface area contributed by atoms with Crippen molar-refractivity contribution in [1.82, 2.24) is 4.57 Å². The fourth-order valence-corrected chi connectivity index (χ4v) is 13.6. The highest BCUT2D eigenvalue weighted by Gasteiger charge is 2.48. The van der Waals surface area contributed by atoms with Gasteiger partial charge < -0.3 is 4.57 Å². The third-order valence-electron chi connectivity index (χ3n) is 6.17. The van der Waals surface area contributed by atoms with Gasteiger partial charge in [0.25, 0.3) is 0 Å². The van der Waals surface area contributed by atoms with Crippen LogP contribution in [0.3, 0.4) is 0 Å². The molecule has 0 saturated heterocycles. The summed E-state index contributed by atoms with van der Waals surface area (Å²) in [6, 6.07) is 2.09. The molecule has 0 rings (SSSR count). The van der Waals surface area contributed by atoms with Gasteiger partial charge in [0.2, 0.25) is 0 Å². The summed E-state index contributed by atoms with van der Waals surface area (Å²) in [4.78, 5) is 0. The molecule has 1 unspecified atom stereocenters. The minimum atomic E-state index is -1.52. The van der Waals surface area contributed by atoms with E-state index in [9.17, 15) is 0 Å². The van der Waals surface area contributed by atoms with Crippen LogP contribution in [0, 0.1) is 0 Å². The van der Waals surface area contributed by atoms with Crippen LogP contribution in [-0.2, 0) is 0 Å². The predicted octanol–water partition coefficient (Wildman–Crippen LogP) is 7.09. The van der Waals surface area contributed by atoms with Crippen LogP contribution in [0.25, 0.3) is 0 Å². The second-order valence-electron chi connectivity index (χ2n) is 9.10. The molecule has 0 bridgehead atoms. The van der Waals surface area contributed by atoms with E-state index >= 15 is 0 Å². The van der Waals surface area contributed by atoms with Crippen molar-refractivity contribution in [2.75, 3.05) is 6.54 Å². The lowest BCUT2D eigenvalue weighted by molar-refractivity contribution is 0.303. The Morgan fingerprint density at radius 2 is 1.35 bits per heavy atom. The van der Waals surface area contributed by atoms with Crippen molar-refractivity contribution >= 4 is 16.3 Å². The van der Waals surface area contributed by atoms with Gasteiger partial charge in [0.15, 0.2) is 0 Å². The standard InChI is InChI=1S/C20H45NSi2/c1-12-20(9)21(15-14-16-22(10,11)13-2)23(17(3)4,18(5)6)19(7)8/h13,17-20H,2,12,14-16H2,1,3-11H3. The van der Waals surface area contributed by atoms with Crippen LogP contribution in [0.5, 0.6) is 0 Å². The van der Waals surface area contributed by atoms with E-state index in [1.807, 2.05) is 0 Å². The van der Waals surface area contributed by atoms with Crippen LogP contribution < -0.4 is 0 Å². The van der Waals surface area contributed by atoms with E-state index in [4.69, 9.17) is 0 Å². The van der Waals surface area contributed by atoms with Gasteiger partial charge in [-0.1, -0.05) is 74.5 Å². The van der Waals surface area contributed by atoms with E-state index in [1.54, 1.807) is 0 Å². The van der Waals surface area contributed by atoms with E-state index in [-0.39, 0.29) is 0 Å². The Hall–Kier alpha value is 0.134. The number of hydrogen-bond donors (Lipinski definition) is 0. The molecule has 1 atom stereocenters. The Bertz CT molecular complexity index is 326. The molecule has 3 heteroatoms. The first-order chi connectivity index (χ1) is 10.5. The van der Waals surface area contributed by atoms with Crippen molar-refractivity contribution in [2.45, 2.75) is 110 Å². The lowest BCUT2D eigenvalue weighted by Crippen LogP contribution is -2.63. The first kappa shape index (κ1) is 23.1. The third-order valence-corrected chi connectivity index (χ3v) is 16.1. The fourth-order valence-electron chi connectivity index (χ4n) is 4.82. The van der Waals surface area contributed by atoms with Crippen LogP contribution in [0.15, 0.2) is 12.3 Å². The minimum absolute atomic E-state index is 0.711. The number of nitrogens with zero attached hydrogens (tertiary/aromatic N) is 1. The van der Waals surface area contributed by atoms with Crippen molar-refractivity contribution in [2.24, 2.45) is 0 Å². The van der Waals surface area contributed by atoms with Crippen molar-refractivity contribution in [3.05, 3.63) is 12.3 Å². The molecule has 0 aliphatic heterocycles. The van der Waals surface area contributed by atoms with E-state index < -0.39 is 16.3 Å². The Kier molecular flexibility index (Phi) is 9.63. The molecular weight excluding hydrogens is 310 g/mol. The largest absolute Gasteiger partial charge is 0.320 e. The van der Waals surface area contributed by atoms with Crippen molar-refractivity contribution in [3.8, 4) is 0 Å². The Balaban J connectivity index is 5.52. The normalized spacial score (nSPS) is 15.0. The molecule has 0 aromatic heterocycles. The Morgan fingerprint density at radius 1 is 0.913 bits per heavy atom. The second-order valence-corrected chi connectivity index (χ2v) is 19.8. The quantitative estimate of drug-likeness (QED) is 0.358. The zero-order valence-corrected chi connectivity index (χ0v) is 19.9. The molecule has 0 radical (unpaired) electrons. The monoisotopic (exact) mass is 355 g/mol. The summed E-state index contributed by atoms with van der Waals surface area (Å²) in [5.41, 5.74) is 4.68. The molecule has 138 valence electrons. The van der Waals surface area contributed by atoms with Crippen LogP contribution >= 0.6 is 0 Å². The summed E-state index contributed by atoms with van der Waals surface area (Å²) in [5, 5.41) is 0. The molecule has 1 nitrogen and oxygen atoms in total. The minimum Gasteiger partial charge on any atom is -0.320 e. The Morgan fingerprint density at radius 3 is 1.65 bits per heavy atom. The van der Waals surface area contributed by atoms with Crippen LogP contribution in [0.4, 0.5) is 0 Å². The van der Waals surface area contributed by atoms with Gasteiger partial charge in [-0.15, -0.1) is 12.3 Å². The molecule has 0 amide bonds. The molecule has 0 fully saturated rings. The second kappa shape index (κ2) is 9.57. The summed E-state index contributed by atoms with van der Waals surface area (Å²) < 4.78 is 3.01. The van der Waals surface area contributed by atoms with Crippen LogP contribution in [-0.4, -0.2) is 33.5 Å². The maximum atomic E-state index is 4.07. The maximum Gasteiger partial charge on any atom is 0.136 e. The molecule has 0 spiro atoms. The smallest absolute Gasteiger partial charge is 0.136 e. The number of rotatable bonds is 11. The van der Waals surface area contributed by atoms with Crippen LogP contribution in [0.1, 0.15) is 68.2 Å². The highest BCUT2D eigenvalue weighted by molar-refractivity contribution is 6.82. The Labute approximate surface area is 150 Å². The first-order valence-corrected chi connectivity index (χ1v) is 15.3. The molecule has 0 heterocycles. The van der Waals surface area contributed by atoms with Gasteiger partial charge in [-0.2, -0.15) is 0 Å². The molecule has 0 aromatic carbocycles. The molecule has 0 aromatic rings. The fraction of sp³-hybridized carbons (Fsp3) is 0.900. The lowest BCUT2D eigenvalue weighted by Gasteiger charge is -2.54. The van der Waals surface area contributed by atoms with E-state index in [1.165, 1.54) is 25.4 Å². The maximum absolute atomic E-state index is 4.07. The zero-order chi connectivity index (χ0) is 18.4. The van der Waals surface area contributed by atoms with E-state index in [0.717, 1.165) is 16.6 Å². The molecule has 0 N–H and O–H groups in total. The molecule has 0 aliphatic rings. The summed E-state index contributed by atoms with van der Waals surface area (Å²) in [6.07, 6.45) is 2.61. The summed E-state index contributed by atoms with van der Waals surface area (Å²) >= 11 is 0. The van der Waals surface area contributed by atoms with Gasteiger partial charge >= 0.3 is 0 Å². The van der Waals surface area contributed by atoms with Gasteiger partial charge in [0.05, 0.1) is 8.07 Å². The molecular formula is C20H45NSi2. The topological polar surface area (TPSA) is 3.24 Å². The van der Waals surface area contributed by atoms with Crippen molar-refractivity contribution in [1.29, 1.82) is 0 Å². The average Bonchev–Trinajstić information content (AvgIpc) is 2.44. The van der Waals surface area contributed by atoms with Gasteiger partial charge in [-0.3, -0.25) is 0 Å². The summed E-state index contributed by atoms with van der Waals surface area (Å²) in [5.74, 6) is 0. The van der Waals surface area contributed by atoms with Gasteiger partial charge in [0.1, 0.15) is 8.24 Å². The summed E-state index contributed by atoms with van der Waals surface area (Å²) in [6.45, 7) is 30.0. The lowest BCUT2D eigenvalue weighted by atomic mass is 10.2. The SMILES string of the molecule is C=C[Si](C)(C)CCCN(C(C)CC)[Si](C(C)C)(C(C)C)C(C)C. The molecule has 0 aliphatic carbocycles.